The maximum atomic E-state index is 13.3. The molecule has 0 saturated heterocycles. The number of hydrogen-bond donors (Lipinski definition) is 1. The lowest BCUT2D eigenvalue weighted by atomic mass is 9.83. The number of aryl methyl sites for hydroxylation is 1. The van der Waals surface area contributed by atoms with E-state index in [1.54, 1.807) is 19.2 Å². The van der Waals surface area contributed by atoms with Crippen LogP contribution in [0.25, 0.3) is 0 Å². The number of nitrogens with one attached hydrogen (secondary N) is 1. The van der Waals surface area contributed by atoms with E-state index in [2.05, 4.69) is 26.1 Å². The van der Waals surface area contributed by atoms with Crippen LogP contribution >= 0.6 is 0 Å². The van der Waals surface area contributed by atoms with Crippen molar-refractivity contribution < 1.29 is 9.13 Å². The molecule has 0 fully saturated rings. The molecule has 0 aliphatic rings. The van der Waals surface area contributed by atoms with Gasteiger partial charge >= 0.3 is 0 Å². The van der Waals surface area contributed by atoms with Gasteiger partial charge in [-0.05, 0) is 62.4 Å². The van der Waals surface area contributed by atoms with Gasteiger partial charge in [0, 0.05) is 13.2 Å². The van der Waals surface area contributed by atoms with Gasteiger partial charge in [0.1, 0.15) is 5.82 Å². The number of ether oxygens (including phenoxy) is 1. The fourth-order valence-corrected chi connectivity index (χ4v) is 3.04. The molecule has 2 nitrogen and oxygen atoms in total. The molecule has 1 atom stereocenters. The van der Waals surface area contributed by atoms with Gasteiger partial charge in [0.2, 0.25) is 0 Å². The van der Waals surface area contributed by atoms with Crippen molar-refractivity contribution >= 4 is 0 Å². The summed E-state index contributed by atoms with van der Waals surface area (Å²) in [6, 6.07) is 5.29. The lowest BCUT2D eigenvalue weighted by Crippen LogP contribution is -2.53. The van der Waals surface area contributed by atoms with Gasteiger partial charge in [0.15, 0.2) is 0 Å². The Morgan fingerprint density at radius 3 is 2.38 bits per heavy atom. The summed E-state index contributed by atoms with van der Waals surface area (Å²) < 4.78 is 19.2. The molecule has 3 heteroatoms. The van der Waals surface area contributed by atoms with E-state index in [9.17, 15) is 4.39 Å². The van der Waals surface area contributed by atoms with E-state index in [0.717, 1.165) is 37.8 Å². The van der Waals surface area contributed by atoms with Gasteiger partial charge in [0.05, 0.1) is 5.60 Å². The number of rotatable bonds is 9. The van der Waals surface area contributed by atoms with Crippen LogP contribution in [0.2, 0.25) is 0 Å². The van der Waals surface area contributed by atoms with E-state index in [0.29, 0.717) is 0 Å². The van der Waals surface area contributed by atoms with Crippen molar-refractivity contribution in [3.05, 3.63) is 35.1 Å². The van der Waals surface area contributed by atoms with Crippen LogP contribution in [0.1, 0.15) is 51.2 Å². The van der Waals surface area contributed by atoms with Crippen LogP contribution < -0.4 is 5.32 Å². The first-order valence-electron chi connectivity index (χ1n) is 8.06. The molecule has 21 heavy (non-hydrogen) atoms. The number of benzene rings is 1. The number of methoxy groups -OCH3 is 1. The van der Waals surface area contributed by atoms with Crippen LogP contribution in [-0.4, -0.2) is 25.3 Å². The van der Waals surface area contributed by atoms with Gasteiger partial charge in [-0.25, -0.2) is 4.39 Å². The summed E-state index contributed by atoms with van der Waals surface area (Å²) in [6.45, 7) is 9.45. The zero-order chi connectivity index (χ0) is 15.9. The molecule has 1 aromatic rings. The summed E-state index contributed by atoms with van der Waals surface area (Å²) in [4.78, 5) is 0. The molecule has 0 saturated carbocycles. The minimum Gasteiger partial charge on any atom is -0.377 e. The summed E-state index contributed by atoms with van der Waals surface area (Å²) in [6.07, 6.45) is 3.87. The molecule has 0 amide bonds. The van der Waals surface area contributed by atoms with Crippen LogP contribution in [-0.2, 0) is 11.2 Å². The average Bonchev–Trinajstić information content (AvgIpc) is 2.49. The van der Waals surface area contributed by atoms with E-state index < -0.39 is 0 Å². The SMILES string of the molecule is CCCNC(Cc1ccc(F)cc1C)C(CC)(CC)OC. The Kier molecular flexibility index (Phi) is 7.33. The fraction of sp³-hybridized carbons (Fsp3) is 0.667. The third kappa shape index (κ3) is 4.52. The zero-order valence-electron chi connectivity index (χ0n) is 14.1. The van der Waals surface area contributed by atoms with Crippen LogP contribution in [0.4, 0.5) is 4.39 Å². The highest BCUT2D eigenvalue weighted by atomic mass is 19.1. The molecule has 1 rings (SSSR count). The summed E-state index contributed by atoms with van der Waals surface area (Å²) in [5.41, 5.74) is 2.03. The Morgan fingerprint density at radius 2 is 1.90 bits per heavy atom. The van der Waals surface area contributed by atoms with Gasteiger partial charge < -0.3 is 10.1 Å². The van der Waals surface area contributed by atoms with Gasteiger partial charge in [0.25, 0.3) is 0 Å². The van der Waals surface area contributed by atoms with E-state index in [1.165, 1.54) is 5.56 Å². The van der Waals surface area contributed by atoms with Crippen LogP contribution in [0.15, 0.2) is 18.2 Å². The summed E-state index contributed by atoms with van der Waals surface area (Å²) in [5, 5.41) is 3.63. The first-order valence-corrected chi connectivity index (χ1v) is 8.06. The predicted molar refractivity (Wildman–Crippen MR) is 87.2 cm³/mol. The molecular weight excluding hydrogens is 265 g/mol. The van der Waals surface area contributed by atoms with Gasteiger partial charge in [-0.15, -0.1) is 0 Å². The molecule has 0 spiro atoms. The van der Waals surface area contributed by atoms with Crippen LogP contribution in [0, 0.1) is 12.7 Å². The van der Waals surface area contributed by atoms with Crippen molar-refractivity contribution in [1.29, 1.82) is 0 Å². The lowest BCUT2D eigenvalue weighted by Gasteiger charge is -2.39. The second-order valence-corrected chi connectivity index (χ2v) is 5.76. The first-order chi connectivity index (χ1) is 10.0. The van der Waals surface area contributed by atoms with Crippen molar-refractivity contribution in [1.82, 2.24) is 5.32 Å². The second-order valence-electron chi connectivity index (χ2n) is 5.76. The highest BCUT2D eigenvalue weighted by Gasteiger charge is 2.35. The van der Waals surface area contributed by atoms with E-state index in [1.807, 2.05) is 13.0 Å². The van der Waals surface area contributed by atoms with Crippen molar-refractivity contribution in [2.45, 2.75) is 65.0 Å². The van der Waals surface area contributed by atoms with Crippen molar-refractivity contribution in [3.63, 3.8) is 0 Å². The molecule has 1 aromatic carbocycles. The molecule has 0 radical (unpaired) electrons. The first kappa shape index (κ1) is 18.1. The van der Waals surface area contributed by atoms with Crippen LogP contribution in [0.5, 0.6) is 0 Å². The highest BCUT2D eigenvalue weighted by molar-refractivity contribution is 5.28. The highest BCUT2D eigenvalue weighted by Crippen LogP contribution is 2.27. The van der Waals surface area contributed by atoms with Gasteiger partial charge in [-0.3, -0.25) is 0 Å². The van der Waals surface area contributed by atoms with Crippen molar-refractivity contribution in [2.75, 3.05) is 13.7 Å². The third-order valence-electron chi connectivity index (χ3n) is 4.61. The third-order valence-corrected chi connectivity index (χ3v) is 4.61. The predicted octanol–water partition coefficient (Wildman–Crippen LogP) is 4.25. The smallest absolute Gasteiger partial charge is 0.123 e. The Balaban J connectivity index is 3.01. The van der Waals surface area contributed by atoms with Crippen LogP contribution in [0.3, 0.4) is 0 Å². The Labute approximate surface area is 129 Å². The normalized spacial score (nSPS) is 13.4. The lowest BCUT2D eigenvalue weighted by molar-refractivity contribution is -0.0472. The zero-order valence-corrected chi connectivity index (χ0v) is 14.1. The average molecular weight is 295 g/mol. The monoisotopic (exact) mass is 295 g/mol. The standard InChI is InChI=1S/C18H30FNO/c1-6-11-20-17(18(7-2,8-3)21-5)13-15-9-10-16(19)12-14(15)4/h9-10,12,17,20H,6-8,11,13H2,1-5H3. The molecule has 1 N–H and O–H groups in total. The molecule has 0 aromatic heterocycles. The summed E-state index contributed by atoms with van der Waals surface area (Å²) >= 11 is 0. The largest absolute Gasteiger partial charge is 0.377 e. The molecule has 0 heterocycles. The molecule has 0 bridgehead atoms. The second kappa shape index (κ2) is 8.50. The minimum atomic E-state index is -0.171. The number of halogens is 1. The Morgan fingerprint density at radius 1 is 1.24 bits per heavy atom. The Bertz CT molecular complexity index is 421. The number of hydrogen-bond acceptors (Lipinski definition) is 2. The van der Waals surface area contributed by atoms with Crippen molar-refractivity contribution in [2.24, 2.45) is 0 Å². The van der Waals surface area contributed by atoms with Gasteiger partial charge in [-0.1, -0.05) is 26.8 Å². The van der Waals surface area contributed by atoms with Gasteiger partial charge in [-0.2, -0.15) is 0 Å². The Hall–Kier alpha value is -0.930. The maximum absolute atomic E-state index is 13.3. The quantitative estimate of drug-likeness (QED) is 0.735. The molecule has 0 aliphatic heterocycles. The van der Waals surface area contributed by atoms with E-state index >= 15 is 0 Å². The topological polar surface area (TPSA) is 21.3 Å². The molecule has 1 unspecified atom stereocenters. The molecule has 120 valence electrons. The molecule has 0 aliphatic carbocycles. The molecular formula is C18H30FNO. The van der Waals surface area contributed by atoms with Crippen molar-refractivity contribution in [3.8, 4) is 0 Å². The maximum Gasteiger partial charge on any atom is 0.123 e. The fourth-order valence-electron chi connectivity index (χ4n) is 3.04. The summed E-state index contributed by atoms with van der Waals surface area (Å²) in [5.74, 6) is -0.168. The minimum absolute atomic E-state index is 0.168. The van der Waals surface area contributed by atoms with E-state index in [-0.39, 0.29) is 17.5 Å². The van der Waals surface area contributed by atoms with E-state index in [4.69, 9.17) is 4.74 Å². The summed E-state index contributed by atoms with van der Waals surface area (Å²) in [7, 11) is 1.80.